The van der Waals surface area contributed by atoms with Crippen molar-refractivity contribution < 1.29 is 13.6 Å². The smallest absolute Gasteiger partial charge is 0.336 e. The number of aryl methyl sites for hydroxylation is 1. The van der Waals surface area contributed by atoms with Crippen molar-refractivity contribution in [2.45, 2.75) is 13.5 Å². The maximum Gasteiger partial charge on any atom is 0.336 e. The topological polar surface area (TPSA) is 78.4 Å². The van der Waals surface area contributed by atoms with Crippen LogP contribution in [0.4, 0.5) is 0 Å². The number of rotatable bonds is 4. The minimum absolute atomic E-state index is 0.0993. The fourth-order valence-corrected chi connectivity index (χ4v) is 2.69. The summed E-state index contributed by atoms with van der Waals surface area (Å²) >= 11 is 5.87. The number of hydrogen-bond donors (Lipinski definition) is 0. The van der Waals surface area contributed by atoms with Gasteiger partial charge in [-0.2, -0.15) is 0 Å². The van der Waals surface area contributed by atoms with E-state index in [4.69, 9.17) is 25.2 Å². The van der Waals surface area contributed by atoms with Crippen LogP contribution in [0.3, 0.4) is 0 Å². The molecule has 0 aliphatic carbocycles. The van der Waals surface area contributed by atoms with Gasteiger partial charge < -0.3 is 13.6 Å². The Kier molecular flexibility index (Phi) is 4.18. The van der Waals surface area contributed by atoms with Crippen LogP contribution in [-0.4, -0.2) is 10.2 Å². The van der Waals surface area contributed by atoms with Gasteiger partial charge in [0.1, 0.15) is 11.3 Å². The summed E-state index contributed by atoms with van der Waals surface area (Å²) in [5.41, 5.74) is 1.71. The molecule has 0 saturated heterocycles. The Bertz CT molecular complexity index is 1130. The second-order valence-corrected chi connectivity index (χ2v) is 6.14. The maximum atomic E-state index is 11.5. The van der Waals surface area contributed by atoms with Crippen molar-refractivity contribution in [1.82, 2.24) is 10.2 Å². The van der Waals surface area contributed by atoms with Gasteiger partial charge in [0.05, 0.1) is 0 Å². The highest BCUT2D eigenvalue weighted by molar-refractivity contribution is 6.30. The number of halogens is 1. The van der Waals surface area contributed by atoms with E-state index in [0.29, 0.717) is 28.1 Å². The molecule has 0 spiro atoms. The Morgan fingerprint density at radius 1 is 1.04 bits per heavy atom. The zero-order valence-corrected chi connectivity index (χ0v) is 14.5. The molecular weight excluding hydrogens is 356 g/mol. The van der Waals surface area contributed by atoms with Gasteiger partial charge in [0, 0.05) is 28.1 Å². The minimum atomic E-state index is -0.392. The third kappa shape index (κ3) is 3.32. The predicted molar refractivity (Wildman–Crippen MR) is 96.3 cm³/mol. The molecule has 6 nitrogen and oxygen atoms in total. The molecule has 2 heterocycles. The Balaban J connectivity index is 1.51. The van der Waals surface area contributed by atoms with Gasteiger partial charge in [0.2, 0.25) is 5.89 Å². The fraction of sp³-hybridized carbons (Fsp3) is 0.105. The van der Waals surface area contributed by atoms with Crippen molar-refractivity contribution >= 4 is 22.6 Å². The van der Waals surface area contributed by atoms with Crippen molar-refractivity contribution in [3.63, 3.8) is 0 Å². The molecule has 4 aromatic rings. The lowest BCUT2D eigenvalue weighted by molar-refractivity contribution is 0.264. The normalized spacial score (nSPS) is 11.0. The van der Waals surface area contributed by atoms with Gasteiger partial charge in [-0.3, -0.25) is 0 Å². The summed E-state index contributed by atoms with van der Waals surface area (Å²) in [6, 6.07) is 13.9. The van der Waals surface area contributed by atoms with Gasteiger partial charge in [0.25, 0.3) is 5.89 Å². The molecule has 0 atom stereocenters. The predicted octanol–water partition coefficient (Wildman–Crippen LogP) is 4.38. The molecule has 2 aromatic carbocycles. The first-order valence-corrected chi connectivity index (χ1v) is 8.22. The molecule has 130 valence electrons. The van der Waals surface area contributed by atoms with Gasteiger partial charge >= 0.3 is 5.63 Å². The van der Waals surface area contributed by atoms with Crippen LogP contribution in [0.1, 0.15) is 11.5 Å². The summed E-state index contributed by atoms with van der Waals surface area (Å²) in [5, 5.41) is 9.47. The Morgan fingerprint density at radius 2 is 1.85 bits per heavy atom. The number of nitrogens with zero attached hydrogens (tertiary/aromatic N) is 2. The van der Waals surface area contributed by atoms with E-state index in [1.165, 1.54) is 6.07 Å². The summed E-state index contributed by atoms with van der Waals surface area (Å²) in [5.74, 6) is 1.26. The minimum Gasteiger partial charge on any atom is -0.484 e. The quantitative estimate of drug-likeness (QED) is 0.497. The Hall–Kier alpha value is -3.12. The van der Waals surface area contributed by atoms with E-state index < -0.39 is 5.63 Å². The highest BCUT2D eigenvalue weighted by Gasteiger charge is 2.10. The maximum absolute atomic E-state index is 11.5. The third-order valence-electron chi connectivity index (χ3n) is 3.84. The van der Waals surface area contributed by atoms with Crippen LogP contribution in [0.5, 0.6) is 5.75 Å². The lowest BCUT2D eigenvalue weighted by Crippen LogP contribution is -1.99. The Labute approximate surface area is 153 Å². The van der Waals surface area contributed by atoms with E-state index in [2.05, 4.69) is 10.2 Å². The van der Waals surface area contributed by atoms with E-state index >= 15 is 0 Å². The standard InChI is InChI=1S/C19H13ClN2O4/c1-11-8-18(23)25-16-9-14(6-7-15(11)16)24-10-17-21-22-19(26-17)12-2-4-13(20)5-3-12/h2-9H,10H2,1H3. The van der Waals surface area contributed by atoms with Gasteiger partial charge in [0.15, 0.2) is 6.61 Å². The fourth-order valence-electron chi connectivity index (χ4n) is 2.56. The highest BCUT2D eigenvalue weighted by atomic mass is 35.5. The molecule has 4 rings (SSSR count). The zero-order valence-electron chi connectivity index (χ0n) is 13.7. The van der Waals surface area contributed by atoms with Gasteiger partial charge in [-0.05, 0) is 48.9 Å². The van der Waals surface area contributed by atoms with E-state index in [-0.39, 0.29) is 6.61 Å². The van der Waals surface area contributed by atoms with Gasteiger partial charge in [-0.1, -0.05) is 11.6 Å². The van der Waals surface area contributed by atoms with Crippen LogP contribution in [0.15, 0.2) is 62.2 Å². The Morgan fingerprint density at radius 3 is 2.65 bits per heavy atom. The van der Waals surface area contributed by atoms with Gasteiger partial charge in [-0.25, -0.2) is 4.79 Å². The first kappa shape index (κ1) is 16.4. The number of benzene rings is 2. The van der Waals surface area contributed by atoms with Crippen LogP contribution < -0.4 is 10.4 Å². The molecule has 0 fully saturated rings. The molecule has 0 N–H and O–H groups in total. The highest BCUT2D eigenvalue weighted by Crippen LogP contribution is 2.24. The van der Waals surface area contributed by atoms with Crippen LogP contribution in [-0.2, 0) is 6.61 Å². The summed E-state index contributed by atoms with van der Waals surface area (Å²) in [6.07, 6.45) is 0. The van der Waals surface area contributed by atoms with Crippen molar-refractivity contribution in [1.29, 1.82) is 0 Å². The molecule has 0 radical (unpaired) electrons. The van der Waals surface area contributed by atoms with Crippen LogP contribution in [0, 0.1) is 6.92 Å². The lowest BCUT2D eigenvalue weighted by atomic mass is 10.1. The molecule has 7 heteroatoms. The molecule has 26 heavy (non-hydrogen) atoms. The lowest BCUT2D eigenvalue weighted by Gasteiger charge is -2.05. The van der Waals surface area contributed by atoms with E-state index in [1.807, 2.05) is 13.0 Å². The van der Waals surface area contributed by atoms with Crippen molar-refractivity contribution in [2.24, 2.45) is 0 Å². The SMILES string of the molecule is Cc1cc(=O)oc2cc(OCc3nnc(-c4ccc(Cl)cc4)o3)ccc12. The molecule has 0 saturated carbocycles. The van der Waals surface area contributed by atoms with Crippen LogP contribution >= 0.6 is 11.6 Å². The zero-order chi connectivity index (χ0) is 18.1. The van der Waals surface area contributed by atoms with Gasteiger partial charge in [-0.15, -0.1) is 10.2 Å². The molecular formula is C19H13ClN2O4. The molecule has 0 amide bonds. The molecule has 2 aromatic heterocycles. The largest absolute Gasteiger partial charge is 0.484 e. The third-order valence-corrected chi connectivity index (χ3v) is 4.10. The number of aromatic nitrogens is 2. The average molecular weight is 369 g/mol. The van der Waals surface area contributed by atoms with Crippen molar-refractivity contribution in [2.75, 3.05) is 0 Å². The van der Waals surface area contributed by atoms with Crippen molar-refractivity contribution in [3.8, 4) is 17.2 Å². The molecule has 0 aliphatic rings. The van der Waals surface area contributed by atoms with E-state index in [1.54, 1.807) is 36.4 Å². The molecule has 0 aliphatic heterocycles. The summed E-state index contributed by atoms with van der Waals surface area (Å²) in [4.78, 5) is 11.5. The first-order valence-electron chi connectivity index (χ1n) is 7.84. The van der Waals surface area contributed by atoms with Crippen LogP contribution in [0.2, 0.25) is 5.02 Å². The number of fused-ring (bicyclic) bond motifs is 1. The number of hydrogen-bond acceptors (Lipinski definition) is 6. The van der Waals surface area contributed by atoms with Crippen molar-refractivity contribution in [3.05, 3.63) is 75.4 Å². The average Bonchev–Trinajstić information content (AvgIpc) is 3.09. The monoisotopic (exact) mass is 368 g/mol. The number of ether oxygens (including phenoxy) is 1. The summed E-state index contributed by atoms with van der Waals surface area (Å²) < 4.78 is 16.5. The summed E-state index contributed by atoms with van der Waals surface area (Å²) in [6.45, 7) is 1.96. The second-order valence-electron chi connectivity index (χ2n) is 5.70. The first-order chi connectivity index (χ1) is 12.6. The van der Waals surface area contributed by atoms with Crippen LogP contribution in [0.25, 0.3) is 22.4 Å². The second kappa shape index (κ2) is 6.65. The molecule has 0 unspecified atom stereocenters. The van der Waals surface area contributed by atoms with E-state index in [0.717, 1.165) is 16.5 Å². The van der Waals surface area contributed by atoms with E-state index in [9.17, 15) is 4.79 Å². The molecule has 0 bridgehead atoms. The summed E-state index contributed by atoms with van der Waals surface area (Å²) in [7, 11) is 0.